The summed E-state index contributed by atoms with van der Waals surface area (Å²) >= 11 is 0. The number of hydrogen-bond acceptors (Lipinski definition) is 3. The van der Waals surface area contributed by atoms with E-state index in [0.717, 1.165) is 55.8 Å². The molecule has 0 aliphatic carbocycles. The van der Waals surface area contributed by atoms with Gasteiger partial charge in [-0.2, -0.15) is 0 Å². The first-order chi connectivity index (χ1) is 13.2. The van der Waals surface area contributed by atoms with Gasteiger partial charge < -0.3 is 15.1 Å². The van der Waals surface area contributed by atoms with Crippen molar-refractivity contribution >= 4 is 23.2 Å². The first kappa shape index (κ1) is 17.6. The first-order valence-electron chi connectivity index (χ1n) is 9.73. The molecule has 2 aliphatic heterocycles. The third-order valence-electron chi connectivity index (χ3n) is 5.36. The molecule has 4 rings (SSSR count). The Labute approximate surface area is 160 Å². The third kappa shape index (κ3) is 3.82. The van der Waals surface area contributed by atoms with Gasteiger partial charge in [0.1, 0.15) is 6.04 Å². The second kappa shape index (κ2) is 7.82. The zero-order valence-electron chi connectivity index (χ0n) is 15.4. The zero-order chi connectivity index (χ0) is 18.6. The second-order valence-corrected chi connectivity index (χ2v) is 7.22. The van der Waals surface area contributed by atoms with E-state index in [2.05, 4.69) is 5.32 Å². The largest absolute Gasteiger partial charge is 0.370 e. The Kier molecular flexibility index (Phi) is 5.10. The molecular weight excluding hydrogens is 338 g/mol. The Bertz CT molecular complexity index is 798. The van der Waals surface area contributed by atoms with E-state index in [0.29, 0.717) is 6.42 Å². The third-order valence-corrected chi connectivity index (χ3v) is 5.36. The fraction of sp³-hybridized carbons (Fsp3) is 0.364. The number of nitrogens with one attached hydrogen (secondary N) is 1. The van der Waals surface area contributed by atoms with Gasteiger partial charge in [0.2, 0.25) is 11.8 Å². The van der Waals surface area contributed by atoms with Crippen molar-refractivity contribution in [3.8, 4) is 0 Å². The number of nitrogens with zero attached hydrogens (tertiary/aromatic N) is 2. The summed E-state index contributed by atoms with van der Waals surface area (Å²) in [6, 6.07) is 17.3. The van der Waals surface area contributed by atoms with Crippen LogP contribution in [0, 0.1) is 0 Å². The number of likely N-dealkylation sites (tertiary alicyclic amines) is 1. The molecule has 2 aliphatic rings. The number of benzene rings is 2. The summed E-state index contributed by atoms with van der Waals surface area (Å²) in [5.41, 5.74) is 2.77. The molecule has 2 aromatic rings. The molecule has 0 spiro atoms. The molecule has 2 amide bonds. The van der Waals surface area contributed by atoms with Crippen molar-refractivity contribution in [3.05, 3.63) is 60.2 Å². The van der Waals surface area contributed by atoms with E-state index in [9.17, 15) is 9.59 Å². The number of anilines is 2. The van der Waals surface area contributed by atoms with Gasteiger partial charge in [0.05, 0.1) is 0 Å². The lowest BCUT2D eigenvalue weighted by Crippen LogP contribution is -2.36. The molecule has 1 N–H and O–H groups in total. The Morgan fingerprint density at radius 3 is 2.22 bits per heavy atom. The lowest BCUT2D eigenvalue weighted by atomic mass is 10.0. The molecule has 2 fully saturated rings. The van der Waals surface area contributed by atoms with Gasteiger partial charge in [-0.05, 0) is 49.1 Å². The van der Waals surface area contributed by atoms with Crippen LogP contribution in [0.25, 0.3) is 0 Å². The van der Waals surface area contributed by atoms with Crippen LogP contribution in [0.5, 0.6) is 0 Å². The minimum Gasteiger partial charge on any atom is -0.370 e. The molecule has 2 aromatic carbocycles. The fourth-order valence-electron chi connectivity index (χ4n) is 3.88. The van der Waals surface area contributed by atoms with Crippen LogP contribution in [0.4, 0.5) is 11.4 Å². The summed E-state index contributed by atoms with van der Waals surface area (Å²) < 4.78 is 0. The molecule has 0 bridgehead atoms. The van der Waals surface area contributed by atoms with E-state index in [1.807, 2.05) is 64.4 Å². The standard InChI is InChI=1S/C22H25N3O2/c26-20-9-6-16-25(20)19-12-10-18(11-13-19)23-21(17-7-2-1-3-8-17)22(27)24-14-4-5-15-24/h1-3,7-8,10-13,21,23H,4-6,9,14-16H2. The number of amides is 2. The molecule has 2 saturated heterocycles. The minimum absolute atomic E-state index is 0.123. The van der Waals surface area contributed by atoms with Gasteiger partial charge in [0.15, 0.2) is 0 Å². The van der Waals surface area contributed by atoms with Crippen molar-refractivity contribution in [3.63, 3.8) is 0 Å². The molecule has 5 nitrogen and oxygen atoms in total. The summed E-state index contributed by atoms with van der Waals surface area (Å²) in [6.07, 6.45) is 3.69. The van der Waals surface area contributed by atoms with E-state index < -0.39 is 6.04 Å². The quantitative estimate of drug-likeness (QED) is 0.883. The van der Waals surface area contributed by atoms with Crippen molar-refractivity contribution in [2.24, 2.45) is 0 Å². The Morgan fingerprint density at radius 1 is 0.889 bits per heavy atom. The summed E-state index contributed by atoms with van der Waals surface area (Å²) in [5, 5.41) is 3.41. The van der Waals surface area contributed by atoms with Crippen LogP contribution in [-0.4, -0.2) is 36.3 Å². The molecule has 2 heterocycles. The average Bonchev–Trinajstić information content (AvgIpc) is 3.39. The number of carbonyl (C=O) groups is 2. The number of rotatable bonds is 5. The molecule has 140 valence electrons. The van der Waals surface area contributed by atoms with Crippen molar-refractivity contribution in [2.45, 2.75) is 31.7 Å². The molecule has 1 atom stereocenters. The molecule has 27 heavy (non-hydrogen) atoms. The van der Waals surface area contributed by atoms with Crippen LogP contribution < -0.4 is 10.2 Å². The van der Waals surface area contributed by atoms with E-state index >= 15 is 0 Å². The van der Waals surface area contributed by atoms with Crippen LogP contribution in [0.3, 0.4) is 0 Å². The van der Waals surface area contributed by atoms with Gasteiger partial charge in [0.25, 0.3) is 0 Å². The summed E-state index contributed by atoms with van der Waals surface area (Å²) in [7, 11) is 0. The maximum absolute atomic E-state index is 13.1. The highest BCUT2D eigenvalue weighted by atomic mass is 16.2. The molecule has 1 unspecified atom stereocenters. The van der Waals surface area contributed by atoms with Gasteiger partial charge >= 0.3 is 0 Å². The smallest absolute Gasteiger partial charge is 0.249 e. The zero-order valence-corrected chi connectivity index (χ0v) is 15.4. The van der Waals surface area contributed by atoms with Crippen molar-refractivity contribution in [2.75, 3.05) is 29.9 Å². The average molecular weight is 363 g/mol. The Morgan fingerprint density at radius 2 is 1.59 bits per heavy atom. The highest BCUT2D eigenvalue weighted by Gasteiger charge is 2.28. The summed E-state index contributed by atoms with van der Waals surface area (Å²) in [6.45, 7) is 2.45. The second-order valence-electron chi connectivity index (χ2n) is 7.22. The lowest BCUT2D eigenvalue weighted by molar-refractivity contribution is -0.131. The lowest BCUT2D eigenvalue weighted by Gasteiger charge is -2.25. The predicted octanol–water partition coefficient (Wildman–Crippen LogP) is 3.59. The van der Waals surface area contributed by atoms with Crippen LogP contribution in [0.2, 0.25) is 0 Å². The van der Waals surface area contributed by atoms with Gasteiger partial charge in [-0.25, -0.2) is 0 Å². The molecule has 5 heteroatoms. The first-order valence-corrected chi connectivity index (χ1v) is 9.73. The number of carbonyl (C=O) groups excluding carboxylic acids is 2. The van der Waals surface area contributed by atoms with E-state index in [1.54, 1.807) is 0 Å². The maximum Gasteiger partial charge on any atom is 0.249 e. The maximum atomic E-state index is 13.1. The molecular formula is C22H25N3O2. The predicted molar refractivity (Wildman–Crippen MR) is 107 cm³/mol. The van der Waals surface area contributed by atoms with Gasteiger partial charge in [-0.3, -0.25) is 9.59 Å². The van der Waals surface area contributed by atoms with Gasteiger partial charge in [-0.1, -0.05) is 30.3 Å². The van der Waals surface area contributed by atoms with Gasteiger partial charge in [-0.15, -0.1) is 0 Å². The number of hydrogen-bond donors (Lipinski definition) is 1. The van der Waals surface area contributed by atoms with Crippen LogP contribution in [0.15, 0.2) is 54.6 Å². The van der Waals surface area contributed by atoms with Crippen molar-refractivity contribution < 1.29 is 9.59 Å². The van der Waals surface area contributed by atoms with E-state index in [-0.39, 0.29) is 11.8 Å². The van der Waals surface area contributed by atoms with E-state index in [4.69, 9.17) is 0 Å². The van der Waals surface area contributed by atoms with Crippen molar-refractivity contribution in [1.82, 2.24) is 4.90 Å². The molecule has 0 saturated carbocycles. The minimum atomic E-state index is -0.399. The van der Waals surface area contributed by atoms with Crippen LogP contribution in [-0.2, 0) is 9.59 Å². The summed E-state index contributed by atoms with van der Waals surface area (Å²) in [4.78, 5) is 28.8. The SMILES string of the molecule is O=C(C(Nc1ccc(N2CCCC2=O)cc1)c1ccccc1)N1CCCC1. The van der Waals surface area contributed by atoms with E-state index in [1.165, 1.54) is 0 Å². The summed E-state index contributed by atoms with van der Waals surface area (Å²) in [5.74, 6) is 0.305. The van der Waals surface area contributed by atoms with Gasteiger partial charge in [0, 0.05) is 37.4 Å². The topological polar surface area (TPSA) is 52.7 Å². The Balaban J connectivity index is 1.54. The normalized spacial score (nSPS) is 18.0. The highest BCUT2D eigenvalue weighted by molar-refractivity contribution is 5.95. The molecule has 0 aromatic heterocycles. The van der Waals surface area contributed by atoms with Crippen molar-refractivity contribution in [1.29, 1.82) is 0 Å². The monoisotopic (exact) mass is 363 g/mol. The van der Waals surface area contributed by atoms with Crippen LogP contribution >= 0.6 is 0 Å². The van der Waals surface area contributed by atoms with Crippen LogP contribution in [0.1, 0.15) is 37.3 Å². The Hall–Kier alpha value is -2.82. The molecule has 0 radical (unpaired) electrons. The fourth-order valence-corrected chi connectivity index (χ4v) is 3.88. The highest BCUT2D eigenvalue weighted by Crippen LogP contribution is 2.27.